The number of aliphatic hydroxyl groups is 1. The molecule has 0 aromatic carbocycles. The Morgan fingerprint density at radius 3 is 2.73 bits per heavy atom. The lowest BCUT2D eigenvalue weighted by molar-refractivity contribution is 0.0317. The molecule has 3 heteroatoms. The number of aliphatic hydroxyl groups excluding tert-OH is 1. The maximum absolute atomic E-state index is 9.85. The highest BCUT2D eigenvalue weighted by atomic mass is 16.3. The minimum Gasteiger partial charge on any atom is -0.391 e. The molecule has 15 heavy (non-hydrogen) atoms. The van der Waals surface area contributed by atoms with Crippen LogP contribution >= 0.6 is 0 Å². The van der Waals surface area contributed by atoms with Gasteiger partial charge in [-0.1, -0.05) is 12.8 Å². The van der Waals surface area contributed by atoms with Crippen LogP contribution in [-0.4, -0.2) is 35.7 Å². The van der Waals surface area contributed by atoms with Crippen LogP contribution in [0.4, 0.5) is 0 Å². The first-order valence-corrected chi connectivity index (χ1v) is 6.01. The summed E-state index contributed by atoms with van der Waals surface area (Å²) in [7, 11) is 2.09. The first kappa shape index (κ1) is 12.5. The predicted molar refractivity (Wildman–Crippen MR) is 60.4 cm³/mol. The second-order valence-electron chi connectivity index (χ2n) is 4.51. The van der Waals surface area contributed by atoms with Crippen molar-refractivity contribution in [3.8, 4) is 6.07 Å². The summed E-state index contributed by atoms with van der Waals surface area (Å²) in [5.74, 6) is 0. The molecule has 1 rings (SSSR count). The fraction of sp³-hybridized carbons (Fsp3) is 0.917. The Balaban J connectivity index is 2.20. The fourth-order valence-electron chi connectivity index (χ4n) is 2.34. The first-order valence-electron chi connectivity index (χ1n) is 6.01. The highest BCUT2D eigenvalue weighted by Crippen LogP contribution is 2.22. The third-order valence-corrected chi connectivity index (χ3v) is 3.31. The van der Waals surface area contributed by atoms with E-state index >= 15 is 0 Å². The number of nitriles is 1. The third-order valence-electron chi connectivity index (χ3n) is 3.31. The molecule has 0 spiro atoms. The molecule has 0 amide bonds. The van der Waals surface area contributed by atoms with E-state index in [1.54, 1.807) is 0 Å². The van der Waals surface area contributed by atoms with E-state index in [0.717, 1.165) is 32.2 Å². The second-order valence-corrected chi connectivity index (χ2v) is 4.51. The Labute approximate surface area is 92.7 Å². The van der Waals surface area contributed by atoms with Crippen LogP contribution in [0.25, 0.3) is 0 Å². The number of nitrogens with zero attached hydrogens (tertiary/aromatic N) is 2. The van der Waals surface area contributed by atoms with Crippen LogP contribution in [0.15, 0.2) is 0 Å². The summed E-state index contributed by atoms with van der Waals surface area (Å²) in [6, 6.07) is 2.51. The molecule has 1 N–H and O–H groups in total. The molecule has 0 radical (unpaired) electrons. The minimum atomic E-state index is -0.139. The zero-order chi connectivity index (χ0) is 11.1. The van der Waals surface area contributed by atoms with E-state index in [0.29, 0.717) is 12.5 Å². The lowest BCUT2D eigenvalue weighted by atomic mass is 9.91. The number of hydrogen-bond donors (Lipinski definition) is 1. The summed E-state index contributed by atoms with van der Waals surface area (Å²) < 4.78 is 0. The Bertz CT molecular complexity index is 212. The van der Waals surface area contributed by atoms with Gasteiger partial charge >= 0.3 is 0 Å². The van der Waals surface area contributed by atoms with Crippen molar-refractivity contribution >= 4 is 0 Å². The van der Waals surface area contributed by atoms with E-state index < -0.39 is 0 Å². The predicted octanol–water partition coefficient (Wildman–Crippen LogP) is 1.92. The summed E-state index contributed by atoms with van der Waals surface area (Å²) in [6.45, 7) is 1.00. The summed E-state index contributed by atoms with van der Waals surface area (Å²) in [5, 5.41) is 18.3. The van der Waals surface area contributed by atoms with Gasteiger partial charge in [0.2, 0.25) is 0 Å². The van der Waals surface area contributed by atoms with Gasteiger partial charge in [0.05, 0.1) is 12.2 Å². The lowest BCUT2D eigenvalue weighted by Gasteiger charge is -2.35. The van der Waals surface area contributed by atoms with Crippen LogP contribution in [0, 0.1) is 11.3 Å². The zero-order valence-electron chi connectivity index (χ0n) is 9.65. The quantitative estimate of drug-likeness (QED) is 0.705. The third kappa shape index (κ3) is 4.19. The molecule has 0 heterocycles. The average Bonchev–Trinajstić information content (AvgIpc) is 2.25. The van der Waals surface area contributed by atoms with Crippen LogP contribution in [0.1, 0.15) is 44.9 Å². The maximum atomic E-state index is 9.85. The monoisotopic (exact) mass is 210 g/mol. The van der Waals surface area contributed by atoms with Crippen LogP contribution < -0.4 is 0 Å². The molecule has 1 fully saturated rings. The molecule has 1 aliphatic carbocycles. The summed E-state index contributed by atoms with van der Waals surface area (Å²) in [4.78, 5) is 2.27. The summed E-state index contributed by atoms with van der Waals surface area (Å²) in [6.07, 6.45) is 7.03. The van der Waals surface area contributed by atoms with Gasteiger partial charge in [-0.05, 0) is 39.3 Å². The van der Waals surface area contributed by atoms with Gasteiger partial charge in [0.15, 0.2) is 0 Å². The van der Waals surface area contributed by atoms with Gasteiger partial charge in [-0.3, -0.25) is 0 Å². The molecule has 1 aliphatic rings. The van der Waals surface area contributed by atoms with Gasteiger partial charge in [0, 0.05) is 12.5 Å². The average molecular weight is 210 g/mol. The molecular formula is C12H22N2O. The lowest BCUT2D eigenvalue weighted by Crippen LogP contribution is -2.43. The van der Waals surface area contributed by atoms with Crippen LogP contribution in [0.2, 0.25) is 0 Å². The van der Waals surface area contributed by atoms with Crippen molar-refractivity contribution in [3.63, 3.8) is 0 Å². The van der Waals surface area contributed by atoms with Gasteiger partial charge in [-0.2, -0.15) is 5.26 Å². The van der Waals surface area contributed by atoms with Gasteiger partial charge < -0.3 is 10.0 Å². The molecule has 1 saturated carbocycles. The van der Waals surface area contributed by atoms with Crippen molar-refractivity contribution < 1.29 is 5.11 Å². The van der Waals surface area contributed by atoms with Crippen LogP contribution in [-0.2, 0) is 0 Å². The number of unbranched alkanes of at least 4 members (excludes halogenated alkanes) is 2. The normalized spacial score (nSPS) is 26.5. The summed E-state index contributed by atoms with van der Waals surface area (Å²) >= 11 is 0. The SMILES string of the molecule is CN(CCCCC#N)C1CCCCC1O. The molecule has 86 valence electrons. The highest BCUT2D eigenvalue weighted by molar-refractivity contribution is 4.81. The number of likely N-dealkylation sites (N-methyl/N-ethyl adjacent to an activating group) is 1. The van der Waals surface area contributed by atoms with E-state index in [-0.39, 0.29) is 6.10 Å². The van der Waals surface area contributed by atoms with Gasteiger partial charge in [-0.15, -0.1) is 0 Å². The van der Waals surface area contributed by atoms with E-state index in [9.17, 15) is 5.11 Å². The fourth-order valence-corrected chi connectivity index (χ4v) is 2.34. The topological polar surface area (TPSA) is 47.3 Å². The Morgan fingerprint density at radius 2 is 2.07 bits per heavy atom. The minimum absolute atomic E-state index is 0.139. The molecule has 3 nitrogen and oxygen atoms in total. The second kappa shape index (κ2) is 6.81. The molecular weight excluding hydrogens is 188 g/mol. The molecule has 2 unspecified atom stereocenters. The highest BCUT2D eigenvalue weighted by Gasteiger charge is 2.25. The molecule has 0 aliphatic heterocycles. The molecule has 0 aromatic heterocycles. The zero-order valence-corrected chi connectivity index (χ0v) is 9.65. The number of hydrogen-bond acceptors (Lipinski definition) is 3. The van der Waals surface area contributed by atoms with Crippen molar-refractivity contribution in [1.82, 2.24) is 4.90 Å². The van der Waals surface area contributed by atoms with Crippen molar-refractivity contribution in [3.05, 3.63) is 0 Å². The van der Waals surface area contributed by atoms with Gasteiger partial charge in [0.25, 0.3) is 0 Å². The van der Waals surface area contributed by atoms with E-state index in [4.69, 9.17) is 5.26 Å². The van der Waals surface area contributed by atoms with Gasteiger partial charge in [0.1, 0.15) is 0 Å². The van der Waals surface area contributed by atoms with Gasteiger partial charge in [-0.25, -0.2) is 0 Å². The van der Waals surface area contributed by atoms with Crippen molar-refractivity contribution in [2.24, 2.45) is 0 Å². The van der Waals surface area contributed by atoms with Crippen molar-refractivity contribution in [2.45, 2.75) is 57.1 Å². The largest absolute Gasteiger partial charge is 0.391 e. The Hall–Kier alpha value is -0.590. The van der Waals surface area contributed by atoms with Crippen molar-refractivity contribution in [2.75, 3.05) is 13.6 Å². The first-order chi connectivity index (χ1) is 7.25. The maximum Gasteiger partial charge on any atom is 0.0695 e. The molecule has 0 bridgehead atoms. The van der Waals surface area contributed by atoms with Crippen LogP contribution in [0.5, 0.6) is 0 Å². The summed E-state index contributed by atoms with van der Waals surface area (Å²) in [5.41, 5.74) is 0. The molecule has 2 atom stereocenters. The van der Waals surface area contributed by atoms with E-state index in [2.05, 4.69) is 18.0 Å². The van der Waals surface area contributed by atoms with E-state index in [1.165, 1.54) is 12.8 Å². The van der Waals surface area contributed by atoms with Crippen molar-refractivity contribution in [1.29, 1.82) is 5.26 Å². The van der Waals surface area contributed by atoms with E-state index in [1.807, 2.05) is 0 Å². The molecule has 0 aromatic rings. The Kier molecular flexibility index (Phi) is 5.67. The number of rotatable bonds is 5. The standard InChI is InChI=1S/C12H22N2O/c1-14(10-6-2-5-9-13)11-7-3-4-8-12(11)15/h11-12,15H,2-8,10H2,1H3. The Morgan fingerprint density at radius 1 is 1.33 bits per heavy atom. The smallest absolute Gasteiger partial charge is 0.0695 e. The van der Waals surface area contributed by atoms with Crippen LogP contribution in [0.3, 0.4) is 0 Å². The molecule has 0 saturated heterocycles.